The number of fused-ring (bicyclic) bond motifs is 3. The maximum absolute atomic E-state index is 2.67. The van der Waals surface area contributed by atoms with Crippen LogP contribution in [0.3, 0.4) is 0 Å². The predicted molar refractivity (Wildman–Crippen MR) is 203 cm³/mol. The van der Waals surface area contributed by atoms with Crippen molar-refractivity contribution in [3.05, 3.63) is 145 Å². The Hall–Kier alpha value is -2.31. The van der Waals surface area contributed by atoms with Gasteiger partial charge in [-0.25, -0.2) is 0 Å². The van der Waals surface area contributed by atoms with Gasteiger partial charge in [0.05, 0.1) is 0 Å². The molecule has 0 heterocycles. The van der Waals surface area contributed by atoms with E-state index in [4.69, 9.17) is 0 Å². The van der Waals surface area contributed by atoms with Gasteiger partial charge in [-0.3, -0.25) is 0 Å². The van der Waals surface area contributed by atoms with E-state index in [-0.39, 0.29) is 35.6 Å². The molecule has 0 saturated carbocycles. The van der Waals surface area contributed by atoms with Gasteiger partial charge in [0.1, 0.15) is 0 Å². The minimum atomic E-state index is -2.56. The summed E-state index contributed by atoms with van der Waals surface area (Å²) in [5, 5.41) is 0. The second-order valence-corrected chi connectivity index (χ2v) is 21.7. The molecule has 6 rings (SSSR count). The molecule has 240 valence electrons. The average molecular weight is 729 g/mol. The van der Waals surface area contributed by atoms with Crippen molar-refractivity contribution in [2.45, 2.75) is 91.9 Å². The fourth-order valence-electron chi connectivity index (χ4n) is 6.76. The molecule has 0 fully saturated rings. The standard InChI is InChI=1S/C21H25.C17H18.C5H5.2ClH.Zr/c1-20(2,3)16-9-7-14-11-15-8-10-17(21(4,5)6)13-19(15)18(14)12-16;1-14-6-10-16(11-7-14)4-3-5-17-12-8-15(2)9-13-17;1-2-4-5-3-1;;;/h7,9-10,12-13H,11H2,1-6H3;6-13H,4-5H2,1-2H3;1-3H,4H2;2*1H;. The molecule has 0 spiro atoms. The van der Waals surface area contributed by atoms with Gasteiger partial charge in [-0.15, -0.1) is 24.8 Å². The summed E-state index contributed by atoms with van der Waals surface area (Å²) >= 11 is -2.56. The van der Waals surface area contributed by atoms with Gasteiger partial charge >= 0.3 is 276 Å². The van der Waals surface area contributed by atoms with Crippen LogP contribution in [-0.4, -0.2) is 3.21 Å². The first kappa shape index (κ1) is 36.5. The molecular weight excluding hydrogens is 679 g/mol. The predicted octanol–water partition coefficient (Wildman–Crippen LogP) is 11.1. The Morgan fingerprint density at radius 2 is 1.20 bits per heavy atom. The van der Waals surface area contributed by atoms with Gasteiger partial charge in [0.15, 0.2) is 0 Å². The van der Waals surface area contributed by atoms with Crippen molar-refractivity contribution in [1.82, 2.24) is 0 Å². The topological polar surface area (TPSA) is 0 Å². The minimum absolute atomic E-state index is 0. The largest absolute Gasteiger partial charge is 0.147 e. The van der Waals surface area contributed by atoms with Crippen molar-refractivity contribution in [2.75, 3.05) is 0 Å². The molecule has 0 aliphatic heterocycles. The first-order chi connectivity index (χ1) is 20.9. The van der Waals surface area contributed by atoms with E-state index in [0.717, 1.165) is 25.7 Å². The molecule has 4 aromatic carbocycles. The van der Waals surface area contributed by atoms with E-state index in [2.05, 4.69) is 152 Å². The molecule has 0 unspecified atom stereocenters. The van der Waals surface area contributed by atoms with Gasteiger partial charge in [0.25, 0.3) is 0 Å². The minimum Gasteiger partial charge on any atom is -0.147 e. The molecule has 0 bridgehead atoms. The molecular formula is C43H50Cl2Zr. The molecule has 3 heteroatoms. The van der Waals surface area contributed by atoms with E-state index >= 15 is 0 Å². The molecule has 4 aromatic rings. The maximum Gasteiger partial charge on any atom is -0.147 e. The Kier molecular flexibility index (Phi) is 11.5. The van der Waals surface area contributed by atoms with Crippen molar-refractivity contribution in [3.8, 4) is 11.1 Å². The van der Waals surface area contributed by atoms with Crippen LogP contribution in [0.25, 0.3) is 11.1 Å². The van der Waals surface area contributed by atoms with Gasteiger partial charge in [-0.1, -0.05) is 0 Å². The number of hydrogen-bond acceptors (Lipinski definition) is 0. The van der Waals surface area contributed by atoms with Crippen LogP contribution in [0.2, 0.25) is 0 Å². The van der Waals surface area contributed by atoms with Crippen LogP contribution in [0, 0.1) is 13.8 Å². The number of hydrogen-bond donors (Lipinski definition) is 0. The summed E-state index contributed by atoms with van der Waals surface area (Å²) in [5.41, 5.74) is 14.8. The van der Waals surface area contributed by atoms with Crippen LogP contribution in [0.1, 0.15) is 92.5 Å². The van der Waals surface area contributed by atoms with Crippen LogP contribution in [0.4, 0.5) is 0 Å². The molecule has 0 atom stereocenters. The first-order valence-electron chi connectivity index (χ1n) is 16.4. The third kappa shape index (κ3) is 7.86. The molecule has 0 N–H and O–H groups in total. The third-order valence-electron chi connectivity index (χ3n) is 9.54. The van der Waals surface area contributed by atoms with E-state index in [1.54, 1.807) is 15.3 Å². The van der Waals surface area contributed by atoms with E-state index in [1.807, 2.05) is 0 Å². The van der Waals surface area contributed by atoms with Gasteiger partial charge in [-0.05, 0) is 0 Å². The number of allylic oxidation sites excluding steroid dienone is 4. The van der Waals surface area contributed by atoms with Crippen LogP contribution in [-0.2, 0) is 51.4 Å². The fraction of sp³-hybridized carbons (Fsp3) is 0.326. The van der Waals surface area contributed by atoms with Gasteiger partial charge in [0.2, 0.25) is 0 Å². The summed E-state index contributed by atoms with van der Waals surface area (Å²) in [6.45, 7) is 18.6. The number of aryl methyl sites for hydroxylation is 2. The Morgan fingerprint density at radius 3 is 1.70 bits per heavy atom. The summed E-state index contributed by atoms with van der Waals surface area (Å²) in [4.78, 5) is 0. The SMILES string of the molecule is Cc1ccc(C[C](Cc2ccc(C)cc2)=[Zr]([C]2=CC=CC2)[c]2cc(C(C)(C)C)cc3c2Cc2ccc(C(C)(C)C)cc2-3)cc1.Cl.Cl. The van der Waals surface area contributed by atoms with Crippen LogP contribution in [0.15, 0.2) is 100 Å². The maximum atomic E-state index is 2.67. The zero-order valence-electron chi connectivity index (χ0n) is 28.9. The summed E-state index contributed by atoms with van der Waals surface area (Å²) < 4.78 is 5.23. The third-order valence-corrected chi connectivity index (χ3v) is 17.1. The number of benzene rings is 4. The monoisotopic (exact) mass is 726 g/mol. The molecule has 0 saturated heterocycles. The Bertz CT molecular complexity index is 1760. The zero-order chi connectivity index (χ0) is 31.2. The normalized spacial score (nSPS) is 13.3. The smallest absolute Gasteiger partial charge is 0.147 e. The second kappa shape index (κ2) is 14.4. The molecule has 2 aliphatic rings. The summed E-state index contributed by atoms with van der Waals surface area (Å²) in [5.74, 6) is 0. The van der Waals surface area contributed by atoms with E-state index < -0.39 is 21.3 Å². The Morgan fingerprint density at radius 1 is 0.652 bits per heavy atom. The van der Waals surface area contributed by atoms with Gasteiger partial charge in [-0.2, -0.15) is 0 Å². The average Bonchev–Trinajstić information content (AvgIpc) is 3.63. The molecule has 0 nitrogen and oxygen atoms in total. The van der Waals surface area contributed by atoms with Crippen molar-refractivity contribution < 1.29 is 21.3 Å². The second-order valence-electron chi connectivity index (χ2n) is 15.2. The van der Waals surface area contributed by atoms with Crippen LogP contribution >= 0.6 is 24.8 Å². The summed E-state index contributed by atoms with van der Waals surface area (Å²) in [6, 6.07) is 31.2. The van der Waals surface area contributed by atoms with Crippen LogP contribution < -0.4 is 3.27 Å². The summed E-state index contributed by atoms with van der Waals surface area (Å²) in [6.07, 6.45) is 11.5. The summed E-state index contributed by atoms with van der Waals surface area (Å²) in [7, 11) is 0. The van der Waals surface area contributed by atoms with E-state index in [0.29, 0.717) is 0 Å². The van der Waals surface area contributed by atoms with Gasteiger partial charge in [0, 0.05) is 0 Å². The first-order valence-corrected chi connectivity index (χ1v) is 20.1. The molecule has 2 aliphatic carbocycles. The molecule has 0 amide bonds. The van der Waals surface area contributed by atoms with E-state index in [1.165, 1.54) is 50.1 Å². The number of halogens is 2. The van der Waals surface area contributed by atoms with Crippen molar-refractivity contribution in [3.63, 3.8) is 0 Å². The van der Waals surface area contributed by atoms with Crippen molar-refractivity contribution >= 4 is 31.3 Å². The Balaban J connectivity index is 0.00000240. The van der Waals surface area contributed by atoms with E-state index in [9.17, 15) is 0 Å². The number of rotatable bonds is 6. The van der Waals surface area contributed by atoms with Crippen molar-refractivity contribution in [1.29, 1.82) is 0 Å². The molecule has 0 radical (unpaired) electrons. The quantitative estimate of drug-likeness (QED) is 0.163. The molecule has 46 heavy (non-hydrogen) atoms. The molecule has 0 aromatic heterocycles. The van der Waals surface area contributed by atoms with Crippen molar-refractivity contribution in [2.24, 2.45) is 0 Å². The van der Waals surface area contributed by atoms with Crippen LogP contribution in [0.5, 0.6) is 0 Å². The zero-order valence-corrected chi connectivity index (χ0v) is 33.0. The Labute approximate surface area is 298 Å². The van der Waals surface area contributed by atoms with Gasteiger partial charge < -0.3 is 0 Å². The fourth-order valence-corrected chi connectivity index (χ4v) is 15.0.